The van der Waals surface area contributed by atoms with Gasteiger partial charge in [-0.05, 0) is 80.3 Å². The first kappa shape index (κ1) is 20.2. The molecule has 0 radical (unpaired) electrons. The number of nitrogens with zero attached hydrogens (tertiary/aromatic N) is 1. The van der Waals surface area contributed by atoms with Crippen LogP contribution in [0.4, 0.5) is 0 Å². The Hall–Kier alpha value is -2.13. The van der Waals surface area contributed by atoms with E-state index in [1.54, 1.807) is 0 Å². The van der Waals surface area contributed by atoms with Gasteiger partial charge in [-0.3, -0.25) is 9.69 Å². The molecule has 0 aromatic heterocycles. The summed E-state index contributed by atoms with van der Waals surface area (Å²) in [4.78, 5) is 15.4. The van der Waals surface area contributed by atoms with Crippen LogP contribution in [0.25, 0.3) is 0 Å². The van der Waals surface area contributed by atoms with Crippen LogP contribution in [-0.2, 0) is 24.2 Å². The highest BCUT2D eigenvalue weighted by atomic mass is 16.1. The summed E-state index contributed by atoms with van der Waals surface area (Å²) < 4.78 is 0. The van der Waals surface area contributed by atoms with Gasteiger partial charge >= 0.3 is 0 Å². The number of likely N-dealkylation sites (tertiary alicyclic amines) is 1. The smallest absolute Gasteiger partial charge is 0.223 e. The van der Waals surface area contributed by atoms with E-state index >= 15 is 0 Å². The van der Waals surface area contributed by atoms with Crippen molar-refractivity contribution >= 4 is 5.91 Å². The molecule has 2 aromatic carbocycles. The minimum atomic E-state index is 0.136. The van der Waals surface area contributed by atoms with Crippen LogP contribution < -0.4 is 5.32 Å². The molecular formula is C26H34N2O. The lowest BCUT2D eigenvalue weighted by atomic mass is 9.88. The van der Waals surface area contributed by atoms with E-state index < -0.39 is 0 Å². The molecule has 0 saturated carbocycles. The molecule has 1 fully saturated rings. The van der Waals surface area contributed by atoms with Gasteiger partial charge in [0.2, 0.25) is 5.91 Å². The molecule has 2 aromatic rings. The Morgan fingerprint density at radius 2 is 1.76 bits per heavy atom. The van der Waals surface area contributed by atoms with Crippen molar-refractivity contribution < 1.29 is 4.79 Å². The first-order chi connectivity index (χ1) is 14.2. The van der Waals surface area contributed by atoms with E-state index in [-0.39, 0.29) is 17.9 Å². The average Bonchev–Trinajstić information content (AvgIpc) is 2.78. The standard InChI is InChI=1S/C26H34N2O/c1-2-25(24-13-12-21-10-6-7-11-23(21)18-24)27-26(29)22-14-16-28(17-15-22)19-20-8-4-3-5-9-20/h3-5,8-9,12-13,18,22,25H,2,6-7,10-11,14-17,19H2,1H3,(H,27,29)/t25-/m0/s1. The molecular weight excluding hydrogens is 356 g/mol. The second kappa shape index (κ2) is 9.58. The predicted molar refractivity (Wildman–Crippen MR) is 119 cm³/mol. The fourth-order valence-corrected chi connectivity index (χ4v) is 4.88. The molecule has 3 nitrogen and oxygen atoms in total. The number of hydrogen-bond acceptors (Lipinski definition) is 2. The molecule has 0 unspecified atom stereocenters. The van der Waals surface area contributed by atoms with Crippen molar-refractivity contribution in [3.8, 4) is 0 Å². The SMILES string of the molecule is CC[C@H](NC(=O)C1CCN(Cc2ccccc2)CC1)c1ccc2c(c1)CCCC2. The van der Waals surface area contributed by atoms with Crippen molar-refractivity contribution in [1.29, 1.82) is 0 Å². The van der Waals surface area contributed by atoms with Crippen LogP contribution in [0.2, 0.25) is 0 Å². The maximum absolute atomic E-state index is 13.0. The summed E-state index contributed by atoms with van der Waals surface area (Å²) in [5, 5.41) is 3.37. The minimum Gasteiger partial charge on any atom is -0.349 e. The van der Waals surface area contributed by atoms with Gasteiger partial charge in [0.05, 0.1) is 6.04 Å². The van der Waals surface area contributed by atoms with Crippen molar-refractivity contribution in [2.24, 2.45) is 5.92 Å². The second-order valence-corrected chi connectivity index (χ2v) is 8.74. The monoisotopic (exact) mass is 390 g/mol. The van der Waals surface area contributed by atoms with E-state index in [9.17, 15) is 4.79 Å². The van der Waals surface area contributed by atoms with Gasteiger partial charge in [0, 0.05) is 12.5 Å². The number of aryl methyl sites for hydroxylation is 2. The molecule has 1 atom stereocenters. The Morgan fingerprint density at radius 3 is 2.48 bits per heavy atom. The zero-order valence-corrected chi connectivity index (χ0v) is 17.7. The quantitative estimate of drug-likeness (QED) is 0.749. The van der Waals surface area contributed by atoms with Crippen molar-refractivity contribution in [1.82, 2.24) is 10.2 Å². The average molecular weight is 391 g/mol. The molecule has 1 aliphatic heterocycles. The van der Waals surface area contributed by atoms with E-state index in [1.165, 1.54) is 47.9 Å². The van der Waals surface area contributed by atoms with Crippen molar-refractivity contribution in [3.05, 3.63) is 70.8 Å². The molecule has 1 heterocycles. The summed E-state index contributed by atoms with van der Waals surface area (Å²) in [6.07, 6.45) is 7.86. The van der Waals surface area contributed by atoms with Crippen LogP contribution in [0.1, 0.15) is 67.3 Å². The highest BCUT2D eigenvalue weighted by Crippen LogP contribution is 2.27. The Labute approximate surface area is 175 Å². The maximum atomic E-state index is 13.0. The molecule has 0 spiro atoms. The van der Waals surface area contributed by atoms with Crippen LogP contribution >= 0.6 is 0 Å². The molecule has 1 saturated heterocycles. The van der Waals surface area contributed by atoms with Gasteiger partial charge in [-0.2, -0.15) is 0 Å². The molecule has 3 heteroatoms. The number of rotatable bonds is 6. The van der Waals surface area contributed by atoms with Crippen molar-refractivity contribution in [3.63, 3.8) is 0 Å². The van der Waals surface area contributed by atoms with Crippen LogP contribution in [0, 0.1) is 5.92 Å². The third-order valence-electron chi connectivity index (χ3n) is 6.71. The predicted octanol–water partition coefficient (Wildman–Crippen LogP) is 5.04. The number of amides is 1. The zero-order chi connectivity index (χ0) is 20.1. The first-order valence-electron chi connectivity index (χ1n) is 11.4. The van der Waals surface area contributed by atoms with E-state index in [0.717, 1.165) is 38.9 Å². The molecule has 1 aliphatic carbocycles. The summed E-state index contributed by atoms with van der Waals surface area (Å²) in [5.74, 6) is 0.391. The number of piperidine rings is 1. The maximum Gasteiger partial charge on any atom is 0.223 e. The van der Waals surface area contributed by atoms with Gasteiger partial charge in [0.15, 0.2) is 0 Å². The Morgan fingerprint density at radius 1 is 1.03 bits per heavy atom. The highest BCUT2D eigenvalue weighted by molar-refractivity contribution is 5.79. The molecule has 154 valence electrons. The normalized spacial score (nSPS) is 18.8. The van der Waals surface area contributed by atoms with E-state index in [4.69, 9.17) is 0 Å². The summed E-state index contributed by atoms with van der Waals surface area (Å²) in [5.41, 5.74) is 5.64. The van der Waals surface area contributed by atoms with Crippen LogP contribution in [0.3, 0.4) is 0 Å². The zero-order valence-electron chi connectivity index (χ0n) is 17.7. The molecule has 0 bridgehead atoms. The number of hydrogen-bond donors (Lipinski definition) is 1. The Balaban J connectivity index is 1.31. The molecule has 2 aliphatic rings. The fourth-order valence-electron chi connectivity index (χ4n) is 4.88. The van der Waals surface area contributed by atoms with Crippen LogP contribution in [0.15, 0.2) is 48.5 Å². The van der Waals surface area contributed by atoms with Crippen LogP contribution in [0.5, 0.6) is 0 Å². The lowest BCUT2D eigenvalue weighted by molar-refractivity contribution is -0.127. The molecule has 1 N–H and O–H groups in total. The number of carbonyl (C=O) groups is 1. The topological polar surface area (TPSA) is 32.3 Å². The summed E-state index contributed by atoms with van der Waals surface area (Å²) >= 11 is 0. The third-order valence-corrected chi connectivity index (χ3v) is 6.71. The minimum absolute atomic E-state index is 0.136. The van der Waals surface area contributed by atoms with Gasteiger partial charge in [-0.15, -0.1) is 0 Å². The molecule has 4 rings (SSSR count). The Kier molecular flexibility index (Phi) is 6.66. The van der Waals surface area contributed by atoms with E-state index in [0.29, 0.717) is 0 Å². The fraction of sp³-hybridized carbons (Fsp3) is 0.500. The van der Waals surface area contributed by atoms with Crippen molar-refractivity contribution in [2.75, 3.05) is 13.1 Å². The lowest BCUT2D eigenvalue weighted by Crippen LogP contribution is -2.41. The van der Waals surface area contributed by atoms with E-state index in [2.05, 4.69) is 65.7 Å². The Bertz CT molecular complexity index is 809. The third kappa shape index (κ3) is 5.08. The van der Waals surface area contributed by atoms with Gasteiger partial charge in [0.25, 0.3) is 0 Å². The summed E-state index contributed by atoms with van der Waals surface area (Å²) in [6, 6.07) is 17.6. The lowest BCUT2D eigenvalue weighted by Gasteiger charge is -2.32. The summed E-state index contributed by atoms with van der Waals surface area (Å²) in [6.45, 7) is 5.17. The van der Waals surface area contributed by atoms with Crippen molar-refractivity contribution in [2.45, 2.75) is 64.5 Å². The number of benzene rings is 2. The largest absolute Gasteiger partial charge is 0.349 e. The highest BCUT2D eigenvalue weighted by Gasteiger charge is 2.26. The number of carbonyl (C=O) groups excluding carboxylic acids is 1. The van der Waals surface area contributed by atoms with Crippen LogP contribution in [-0.4, -0.2) is 23.9 Å². The number of fused-ring (bicyclic) bond motifs is 1. The first-order valence-corrected chi connectivity index (χ1v) is 11.4. The summed E-state index contributed by atoms with van der Waals surface area (Å²) in [7, 11) is 0. The molecule has 1 amide bonds. The van der Waals surface area contributed by atoms with Gasteiger partial charge in [-0.1, -0.05) is 55.5 Å². The second-order valence-electron chi connectivity index (χ2n) is 8.74. The van der Waals surface area contributed by atoms with E-state index in [1.807, 2.05) is 0 Å². The molecule has 29 heavy (non-hydrogen) atoms. The van der Waals surface area contributed by atoms with Gasteiger partial charge in [0.1, 0.15) is 0 Å². The van der Waals surface area contributed by atoms with Gasteiger partial charge < -0.3 is 5.32 Å². The van der Waals surface area contributed by atoms with Gasteiger partial charge in [-0.25, -0.2) is 0 Å². The number of nitrogens with one attached hydrogen (secondary N) is 1.